The molecule has 228 valence electrons. The average Bonchev–Trinajstić information content (AvgIpc) is 2.64. The molecule has 0 saturated heterocycles. The molecule has 8 heteroatoms. The van der Waals surface area contributed by atoms with Gasteiger partial charge in [-0.05, 0) is 34.5 Å². The summed E-state index contributed by atoms with van der Waals surface area (Å²) >= 11 is 0. The first-order chi connectivity index (χ1) is 16.6. The summed E-state index contributed by atoms with van der Waals surface area (Å²) in [6, 6.07) is 0. The van der Waals surface area contributed by atoms with Crippen LogP contribution in [0.5, 0.6) is 0 Å². The fraction of sp³-hybridized carbons (Fsp3) is 0.727. The van der Waals surface area contributed by atoms with E-state index in [1.165, 1.54) is 18.2 Å². The molecule has 0 atom stereocenters. The van der Waals surface area contributed by atoms with Crippen LogP contribution in [0.2, 0.25) is 0 Å². The molecule has 0 N–H and O–H groups in total. The normalized spacial score (nSPS) is 13.8. The predicted octanol–water partition coefficient (Wildman–Crippen LogP) is 5.68. The van der Waals surface area contributed by atoms with E-state index >= 15 is 0 Å². The Kier molecular flexibility index (Phi) is 23.1. The zero-order valence-electron chi connectivity index (χ0n) is 29.3. The van der Waals surface area contributed by atoms with E-state index in [1.807, 2.05) is 125 Å². The maximum atomic E-state index is 11.4. The molecule has 0 fully saturated rings. The Labute approximate surface area is 307 Å². The topological polar surface area (TPSA) is 120 Å². The van der Waals surface area contributed by atoms with Gasteiger partial charge in [-0.1, -0.05) is 125 Å². The molecule has 0 aromatic heterocycles. The molecule has 0 unspecified atom stereocenters. The van der Waals surface area contributed by atoms with Gasteiger partial charge in [0, 0.05) is 16.2 Å². The van der Waals surface area contributed by atoms with Crippen LogP contribution in [0.3, 0.4) is 0 Å². The Balaban J connectivity index is -0.000000154. The summed E-state index contributed by atoms with van der Waals surface area (Å²) in [7, 11) is 0. The number of hydrogen-bond donors (Lipinski definition) is 0. The standard InChI is InChI=1S/3C11H20O2.2La/c3*1-10(2,3)8(12)7-9(13)11(4,5)6;;/h3*7,12H,1-6H3;;/q;;;2*+3/p-3/b3*8-7-;;. The molecule has 0 aliphatic heterocycles. The van der Waals surface area contributed by atoms with Gasteiger partial charge in [0.05, 0.1) is 0 Å². The van der Waals surface area contributed by atoms with E-state index in [2.05, 4.69) is 0 Å². The average molecular weight is 828 g/mol. The van der Waals surface area contributed by atoms with Gasteiger partial charge in [0.2, 0.25) is 0 Å². The molecule has 0 rings (SSSR count). The van der Waals surface area contributed by atoms with Crippen molar-refractivity contribution in [3.63, 3.8) is 0 Å². The summed E-state index contributed by atoms with van der Waals surface area (Å²) < 4.78 is 0. The minimum Gasteiger partial charge on any atom is -0.875 e. The maximum Gasteiger partial charge on any atom is 3.00 e. The molecular formula is C33H57La2O6+3. The van der Waals surface area contributed by atoms with Gasteiger partial charge in [0.1, 0.15) is 0 Å². The molecule has 0 aliphatic carbocycles. The van der Waals surface area contributed by atoms with Crippen LogP contribution in [-0.4, -0.2) is 17.3 Å². The summed E-state index contributed by atoms with van der Waals surface area (Å²) in [6.07, 6.45) is 3.67. The first kappa shape index (κ1) is 50.6. The number of ketones is 3. The van der Waals surface area contributed by atoms with Crippen molar-refractivity contribution < 1.29 is 101 Å². The van der Waals surface area contributed by atoms with Gasteiger partial charge in [-0.25, -0.2) is 0 Å². The van der Waals surface area contributed by atoms with E-state index in [1.54, 1.807) is 0 Å². The third-order valence-corrected chi connectivity index (χ3v) is 5.22. The molecule has 0 aromatic carbocycles. The van der Waals surface area contributed by atoms with Gasteiger partial charge in [0.25, 0.3) is 0 Å². The molecular weight excluding hydrogens is 770 g/mol. The van der Waals surface area contributed by atoms with Gasteiger partial charge >= 0.3 is 71.2 Å². The first-order valence-electron chi connectivity index (χ1n) is 13.5. The first-order valence-corrected chi connectivity index (χ1v) is 13.5. The number of rotatable bonds is 3. The van der Waals surface area contributed by atoms with E-state index in [0.717, 1.165) is 0 Å². The Morgan fingerprint density at radius 2 is 0.463 bits per heavy atom. The molecule has 0 heterocycles. The summed E-state index contributed by atoms with van der Waals surface area (Å²) in [5.41, 5.74) is -2.74. The molecule has 6 nitrogen and oxygen atoms in total. The Bertz CT molecular complexity index is 806. The van der Waals surface area contributed by atoms with Crippen molar-refractivity contribution in [3.8, 4) is 0 Å². The van der Waals surface area contributed by atoms with Gasteiger partial charge < -0.3 is 15.3 Å². The molecule has 0 spiro atoms. The zero-order valence-corrected chi connectivity index (χ0v) is 36.6. The fourth-order valence-electron chi connectivity index (χ4n) is 1.66. The SMILES string of the molecule is CC(C)(C)C(=O)/C=C(\[O-])C(C)(C)C.CC(C)(C)C(=O)/C=C(\[O-])C(C)(C)C.CC(C)(C)C(=O)/C=C(\[O-])C(C)(C)C.[La+3].[La+3]. The zero-order chi connectivity index (χ0) is 32.6. The Morgan fingerprint density at radius 3 is 0.537 bits per heavy atom. The van der Waals surface area contributed by atoms with Gasteiger partial charge in [-0.15, -0.1) is 17.3 Å². The minimum absolute atomic E-state index is 0. The summed E-state index contributed by atoms with van der Waals surface area (Å²) in [5.74, 6) is -0.625. The van der Waals surface area contributed by atoms with E-state index in [-0.39, 0.29) is 106 Å². The van der Waals surface area contributed by atoms with E-state index in [9.17, 15) is 29.7 Å². The molecule has 0 aliphatic rings. The quantitative estimate of drug-likeness (QED) is 0.267. The molecule has 0 bridgehead atoms. The second-order valence-electron chi connectivity index (χ2n) is 16.1. The second kappa shape index (κ2) is 18.7. The van der Waals surface area contributed by atoms with Crippen molar-refractivity contribution in [2.45, 2.75) is 125 Å². The number of carbonyl (C=O) groups is 3. The van der Waals surface area contributed by atoms with Crippen LogP contribution in [0, 0.1) is 104 Å². The van der Waals surface area contributed by atoms with Crippen LogP contribution in [0.1, 0.15) is 125 Å². The van der Waals surface area contributed by atoms with Crippen molar-refractivity contribution in [1.82, 2.24) is 0 Å². The summed E-state index contributed by atoms with van der Waals surface area (Å²) in [6.45, 7) is 32.5. The van der Waals surface area contributed by atoms with Crippen LogP contribution in [0.4, 0.5) is 0 Å². The monoisotopic (exact) mass is 827 g/mol. The van der Waals surface area contributed by atoms with Crippen LogP contribution >= 0.6 is 0 Å². The van der Waals surface area contributed by atoms with Crippen LogP contribution in [-0.2, 0) is 14.4 Å². The van der Waals surface area contributed by atoms with Crippen molar-refractivity contribution in [2.24, 2.45) is 32.5 Å². The van der Waals surface area contributed by atoms with Crippen molar-refractivity contribution in [2.75, 3.05) is 0 Å². The third-order valence-electron chi connectivity index (χ3n) is 5.22. The second-order valence-corrected chi connectivity index (χ2v) is 16.1. The summed E-state index contributed by atoms with van der Waals surface area (Å²) in [5, 5.41) is 34.3. The number of allylic oxidation sites excluding steroid dienone is 6. The largest absolute Gasteiger partial charge is 3.00 e. The van der Waals surface area contributed by atoms with Gasteiger partial charge in [-0.2, -0.15) is 0 Å². The molecule has 0 aromatic rings. The number of hydrogen-bond acceptors (Lipinski definition) is 6. The van der Waals surface area contributed by atoms with Crippen molar-refractivity contribution in [1.29, 1.82) is 0 Å². The predicted molar refractivity (Wildman–Crippen MR) is 156 cm³/mol. The van der Waals surface area contributed by atoms with Crippen LogP contribution in [0.25, 0.3) is 0 Å². The van der Waals surface area contributed by atoms with E-state index in [4.69, 9.17) is 0 Å². The van der Waals surface area contributed by atoms with Crippen LogP contribution in [0.15, 0.2) is 35.5 Å². The molecule has 0 saturated carbocycles. The Morgan fingerprint density at radius 1 is 0.341 bits per heavy atom. The fourth-order valence-corrected chi connectivity index (χ4v) is 1.66. The van der Waals surface area contributed by atoms with E-state index in [0.29, 0.717) is 0 Å². The van der Waals surface area contributed by atoms with Gasteiger partial charge in [-0.3, -0.25) is 14.4 Å². The van der Waals surface area contributed by atoms with E-state index < -0.39 is 32.5 Å². The molecule has 0 amide bonds. The smallest absolute Gasteiger partial charge is 0.875 e. The molecule has 41 heavy (non-hydrogen) atoms. The van der Waals surface area contributed by atoms with Crippen molar-refractivity contribution >= 4 is 17.3 Å². The minimum atomic E-state index is -0.457. The van der Waals surface area contributed by atoms with Gasteiger partial charge in [0.15, 0.2) is 17.3 Å². The third kappa shape index (κ3) is 25.1. The van der Waals surface area contributed by atoms with Crippen molar-refractivity contribution in [3.05, 3.63) is 35.5 Å². The maximum absolute atomic E-state index is 11.4. The van der Waals surface area contributed by atoms with Crippen LogP contribution < -0.4 is 15.3 Å². The summed E-state index contributed by atoms with van der Waals surface area (Å²) in [4.78, 5) is 34.3. The Hall–Kier alpha value is 0.0196. The number of carbonyl (C=O) groups excluding carboxylic acids is 3. The molecule has 0 radical (unpaired) electrons.